The van der Waals surface area contributed by atoms with Crippen LogP contribution in [0.3, 0.4) is 0 Å². The molecule has 4 rings (SSSR count). The van der Waals surface area contributed by atoms with Gasteiger partial charge in [0.05, 0.1) is 23.4 Å². The summed E-state index contributed by atoms with van der Waals surface area (Å²) in [6, 6.07) is 5.38. The number of halogens is 1. The number of aromatic nitrogens is 2. The zero-order chi connectivity index (χ0) is 17.4. The lowest BCUT2D eigenvalue weighted by Crippen LogP contribution is -2.36. The lowest BCUT2D eigenvalue weighted by atomic mass is 10.1. The smallest absolute Gasteiger partial charge is 0.162 e. The molecule has 0 saturated carbocycles. The fourth-order valence-corrected chi connectivity index (χ4v) is 3.86. The molecule has 0 aliphatic carbocycles. The zero-order valence-corrected chi connectivity index (χ0v) is 15.0. The molecule has 1 N–H and O–H groups in total. The summed E-state index contributed by atoms with van der Waals surface area (Å²) in [4.78, 5) is 11.7. The first-order chi connectivity index (χ1) is 12.2. The predicted molar refractivity (Wildman–Crippen MR) is 100 cm³/mol. The third-order valence-electron chi connectivity index (χ3n) is 4.47. The van der Waals surface area contributed by atoms with Crippen LogP contribution in [0.4, 0.5) is 15.9 Å². The average Bonchev–Trinajstić information content (AvgIpc) is 3.12. The average molecular weight is 358 g/mol. The molecule has 1 fully saturated rings. The van der Waals surface area contributed by atoms with Crippen molar-refractivity contribution in [3.63, 3.8) is 0 Å². The molecule has 25 heavy (non-hydrogen) atoms. The Hall–Kier alpha value is -2.25. The number of thiophene rings is 1. The van der Waals surface area contributed by atoms with Gasteiger partial charge < -0.3 is 15.0 Å². The second-order valence-corrected chi connectivity index (χ2v) is 6.90. The Labute approximate surface area is 149 Å². The second kappa shape index (κ2) is 6.57. The number of rotatable bonds is 3. The van der Waals surface area contributed by atoms with Gasteiger partial charge in [-0.2, -0.15) is 0 Å². The summed E-state index contributed by atoms with van der Waals surface area (Å²) in [6.07, 6.45) is 0. The summed E-state index contributed by atoms with van der Waals surface area (Å²) in [5.74, 6) is 1.21. The third-order valence-corrected chi connectivity index (χ3v) is 5.37. The lowest BCUT2D eigenvalue weighted by Gasteiger charge is -2.28. The standard InChI is InChI=1S/C18H19FN4OS/c1-11-13(9-12(20-2)10-14(11)19)17-21-15-3-8-25-16(15)18(22-17)23-4-6-24-7-5-23/h3,8-10,20H,4-7H2,1-2H3. The number of morpholine rings is 1. The maximum atomic E-state index is 14.3. The molecule has 0 radical (unpaired) electrons. The molecule has 1 aliphatic rings. The van der Waals surface area contributed by atoms with E-state index in [4.69, 9.17) is 9.72 Å². The van der Waals surface area contributed by atoms with Crippen molar-refractivity contribution in [2.45, 2.75) is 6.92 Å². The lowest BCUT2D eigenvalue weighted by molar-refractivity contribution is 0.122. The summed E-state index contributed by atoms with van der Waals surface area (Å²) >= 11 is 1.63. The van der Waals surface area contributed by atoms with Gasteiger partial charge in [-0.15, -0.1) is 11.3 Å². The van der Waals surface area contributed by atoms with Crippen molar-refractivity contribution in [1.82, 2.24) is 9.97 Å². The maximum absolute atomic E-state index is 14.3. The fraction of sp³-hybridized carbons (Fsp3) is 0.333. The van der Waals surface area contributed by atoms with Gasteiger partial charge in [-0.05, 0) is 36.1 Å². The SMILES string of the molecule is CNc1cc(F)c(C)c(-c2nc(N3CCOCC3)c3sccc3n2)c1. The molecule has 2 aromatic heterocycles. The van der Waals surface area contributed by atoms with E-state index >= 15 is 0 Å². The van der Waals surface area contributed by atoms with Crippen LogP contribution >= 0.6 is 11.3 Å². The van der Waals surface area contributed by atoms with E-state index in [0.717, 1.165) is 29.1 Å². The van der Waals surface area contributed by atoms with Crippen LogP contribution in [0.15, 0.2) is 23.6 Å². The van der Waals surface area contributed by atoms with Crippen molar-refractivity contribution < 1.29 is 9.13 Å². The highest BCUT2D eigenvalue weighted by Gasteiger charge is 2.20. The number of anilines is 2. The Bertz CT molecular complexity index is 921. The van der Waals surface area contributed by atoms with Crippen molar-refractivity contribution >= 4 is 33.1 Å². The first-order valence-electron chi connectivity index (χ1n) is 8.23. The predicted octanol–water partition coefficient (Wildman–Crippen LogP) is 3.68. The largest absolute Gasteiger partial charge is 0.388 e. The van der Waals surface area contributed by atoms with Gasteiger partial charge in [0.2, 0.25) is 0 Å². The van der Waals surface area contributed by atoms with Crippen LogP contribution in [-0.4, -0.2) is 43.3 Å². The molecular formula is C18H19FN4OS. The van der Waals surface area contributed by atoms with E-state index in [1.54, 1.807) is 25.3 Å². The Kier molecular flexibility index (Phi) is 4.27. The molecule has 3 aromatic rings. The Balaban J connectivity index is 1.90. The highest BCUT2D eigenvalue weighted by molar-refractivity contribution is 7.17. The van der Waals surface area contributed by atoms with Gasteiger partial charge >= 0.3 is 0 Å². The van der Waals surface area contributed by atoms with Crippen molar-refractivity contribution in [2.75, 3.05) is 43.6 Å². The number of nitrogens with one attached hydrogen (secondary N) is 1. The normalized spacial score (nSPS) is 14.9. The summed E-state index contributed by atoms with van der Waals surface area (Å²) in [5.41, 5.74) is 2.87. The van der Waals surface area contributed by atoms with Crippen LogP contribution in [-0.2, 0) is 4.74 Å². The molecule has 5 nitrogen and oxygen atoms in total. The Morgan fingerprint density at radius 2 is 2.04 bits per heavy atom. The van der Waals surface area contributed by atoms with Crippen molar-refractivity contribution in [1.29, 1.82) is 0 Å². The number of hydrogen-bond donors (Lipinski definition) is 1. The van der Waals surface area contributed by atoms with Crippen molar-refractivity contribution in [2.24, 2.45) is 0 Å². The topological polar surface area (TPSA) is 50.3 Å². The maximum Gasteiger partial charge on any atom is 0.162 e. The van der Waals surface area contributed by atoms with Gasteiger partial charge in [0.15, 0.2) is 11.6 Å². The molecule has 130 valence electrons. The molecule has 0 unspecified atom stereocenters. The van der Waals surface area contributed by atoms with Crippen molar-refractivity contribution in [3.05, 3.63) is 35.0 Å². The van der Waals surface area contributed by atoms with Gasteiger partial charge in [-0.25, -0.2) is 14.4 Å². The van der Waals surface area contributed by atoms with Crippen LogP contribution in [0.2, 0.25) is 0 Å². The number of benzene rings is 1. The molecule has 3 heterocycles. The Morgan fingerprint density at radius 1 is 1.24 bits per heavy atom. The van der Waals surface area contributed by atoms with Crippen LogP contribution < -0.4 is 10.2 Å². The first kappa shape index (κ1) is 16.2. The molecule has 1 aromatic carbocycles. The van der Waals surface area contributed by atoms with Gasteiger partial charge in [-0.3, -0.25) is 0 Å². The first-order valence-corrected chi connectivity index (χ1v) is 9.11. The van der Waals surface area contributed by atoms with Crippen LogP contribution in [0.25, 0.3) is 21.6 Å². The molecule has 1 aliphatic heterocycles. The van der Waals surface area contributed by atoms with Gasteiger partial charge in [0.1, 0.15) is 5.82 Å². The van der Waals surface area contributed by atoms with E-state index in [0.29, 0.717) is 35.9 Å². The van der Waals surface area contributed by atoms with E-state index in [9.17, 15) is 4.39 Å². The summed E-state index contributed by atoms with van der Waals surface area (Å²) in [5, 5.41) is 5.01. The van der Waals surface area contributed by atoms with E-state index in [-0.39, 0.29) is 5.82 Å². The van der Waals surface area contributed by atoms with Crippen LogP contribution in [0.1, 0.15) is 5.56 Å². The summed E-state index contributed by atoms with van der Waals surface area (Å²) in [7, 11) is 1.77. The Morgan fingerprint density at radius 3 is 2.80 bits per heavy atom. The van der Waals surface area contributed by atoms with E-state index in [2.05, 4.69) is 15.2 Å². The molecular weight excluding hydrogens is 339 g/mol. The fourth-order valence-electron chi connectivity index (χ4n) is 3.01. The molecule has 0 amide bonds. The number of fused-ring (bicyclic) bond motifs is 1. The van der Waals surface area contributed by atoms with Crippen LogP contribution in [0.5, 0.6) is 0 Å². The van der Waals surface area contributed by atoms with Crippen LogP contribution in [0, 0.1) is 12.7 Å². The minimum atomic E-state index is -0.260. The summed E-state index contributed by atoms with van der Waals surface area (Å²) in [6.45, 7) is 4.74. The molecule has 0 spiro atoms. The molecule has 1 saturated heterocycles. The highest BCUT2D eigenvalue weighted by Crippen LogP contribution is 2.34. The summed E-state index contributed by atoms with van der Waals surface area (Å²) < 4.78 is 20.8. The molecule has 7 heteroatoms. The van der Waals surface area contributed by atoms with E-state index in [1.165, 1.54) is 6.07 Å². The number of ether oxygens (including phenoxy) is 1. The number of hydrogen-bond acceptors (Lipinski definition) is 6. The minimum absolute atomic E-state index is 0.260. The van der Waals surface area contributed by atoms with Gasteiger partial charge in [-0.1, -0.05) is 0 Å². The monoisotopic (exact) mass is 358 g/mol. The second-order valence-electron chi connectivity index (χ2n) is 5.99. The van der Waals surface area contributed by atoms with E-state index in [1.807, 2.05) is 17.5 Å². The molecule has 0 bridgehead atoms. The highest BCUT2D eigenvalue weighted by atomic mass is 32.1. The van der Waals surface area contributed by atoms with E-state index < -0.39 is 0 Å². The minimum Gasteiger partial charge on any atom is -0.388 e. The van der Waals surface area contributed by atoms with Crippen molar-refractivity contribution in [3.8, 4) is 11.4 Å². The molecule has 0 atom stereocenters. The quantitative estimate of drug-likeness (QED) is 0.774. The number of nitrogens with zero attached hydrogens (tertiary/aromatic N) is 3. The third kappa shape index (κ3) is 2.94. The van der Waals surface area contributed by atoms with Gasteiger partial charge in [0.25, 0.3) is 0 Å². The zero-order valence-electron chi connectivity index (χ0n) is 14.2. The van der Waals surface area contributed by atoms with Gasteiger partial charge in [0, 0.05) is 31.4 Å².